The van der Waals surface area contributed by atoms with E-state index in [0.717, 1.165) is 11.0 Å². The highest BCUT2D eigenvalue weighted by Gasteiger charge is 2.17. The maximum absolute atomic E-state index is 12.8. The van der Waals surface area contributed by atoms with Crippen LogP contribution in [0.1, 0.15) is 0 Å². The Kier molecular flexibility index (Phi) is 2.84. The molecule has 0 aliphatic rings. The number of hydrogen-bond acceptors (Lipinski definition) is 5. The van der Waals surface area contributed by atoms with Gasteiger partial charge in [0, 0.05) is 6.07 Å². The van der Waals surface area contributed by atoms with Gasteiger partial charge in [-0.1, -0.05) is 12.1 Å². The highest BCUT2D eigenvalue weighted by molar-refractivity contribution is 5.87. The number of ether oxygens (including phenoxy) is 1. The Hall–Kier alpha value is -3.28. The second kappa shape index (κ2) is 4.88. The number of aromatic nitrogens is 2. The lowest BCUT2D eigenvalue weighted by Gasteiger charge is -2.05. The molecule has 114 valence electrons. The number of imidazole rings is 1. The number of anilines is 1. The number of para-hydroxylation sites is 2. The van der Waals surface area contributed by atoms with E-state index in [0.29, 0.717) is 22.5 Å². The maximum Gasteiger partial charge on any atom is 0.205 e. The van der Waals surface area contributed by atoms with Crippen molar-refractivity contribution in [3.63, 3.8) is 0 Å². The van der Waals surface area contributed by atoms with Gasteiger partial charge in [-0.3, -0.25) is 4.79 Å². The van der Waals surface area contributed by atoms with Gasteiger partial charge in [0.15, 0.2) is 0 Å². The summed E-state index contributed by atoms with van der Waals surface area (Å²) >= 11 is 0. The van der Waals surface area contributed by atoms with Crippen LogP contribution in [0.3, 0.4) is 0 Å². The molecule has 2 aromatic carbocycles. The van der Waals surface area contributed by atoms with Gasteiger partial charge in [0.05, 0.1) is 23.5 Å². The standard InChI is InChI=1S/C17H13N3O3/c1-22-9-6-7-10-13(8-9)23-16(18)14(15(10)21)17-19-11-4-2-3-5-12(11)20-17/h2-8H,18H2,1H3,(H,19,20). The van der Waals surface area contributed by atoms with Crippen LogP contribution < -0.4 is 15.9 Å². The summed E-state index contributed by atoms with van der Waals surface area (Å²) in [6.45, 7) is 0. The van der Waals surface area contributed by atoms with Crippen molar-refractivity contribution in [3.05, 3.63) is 52.7 Å². The number of benzene rings is 2. The van der Waals surface area contributed by atoms with E-state index in [9.17, 15) is 4.79 Å². The molecule has 6 heteroatoms. The van der Waals surface area contributed by atoms with E-state index in [4.69, 9.17) is 14.9 Å². The third-order valence-corrected chi connectivity index (χ3v) is 3.75. The van der Waals surface area contributed by atoms with Gasteiger partial charge in [0.25, 0.3) is 0 Å². The van der Waals surface area contributed by atoms with Crippen LogP contribution in [-0.2, 0) is 0 Å². The largest absolute Gasteiger partial charge is 0.497 e. The molecule has 0 atom stereocenters. The summed E-state index contributed by atoms with van der Waals surface area (Å²) in [5.41, 5.74) is 7.94. The number of nitrogen functional groups attached to an aromatic ring is 1. The van der Waals surface area contributed by atoms with Crippen molar-refractivity contribution in [3.8, 4) is 17.1 Å². The molecule has 0 radical (unpaired) electrons. The molecule has 3 N–H and O–H groups in total. The molecular formula is C17H13N3O3. The number of aromatic amines is 1. The molecule has 0 amide bonds. The van der Waals surface area contributed by atoms with E-state index in [2.05, 4.69) is 9.97 Å². The van der Waals surface area contributed by atoms with Crippen molar-refractivity contribution < 1.29 is 9.15 Å². The topological polar surface area (TPSA) is 94.1 Å². The number of hydrogen-bond donors (Lipinski definition) is 2. The van der Waals surface area contributed by atoms with Crippen LogP contribution in [0.5, 0.6) is 5.75 Å². The molecule has 0 bridgehead atoms. The van der Waals surface area contributed by atoms with Gasteiger partial charge in [0.2, 0.25) is 11.3 Å². The third kappa shape index (κ3) is 2.03. The second-order valence-corrected chi connectivity index (χ2v) is 5.14. The zero-order valence-electron chi connectivity index (χ0n) is 12.3. The molecule has 0 spiro atoms. The van der Waals surface area contributed by atoms with Gasteiger partial charge in [-0.2, -0.15) is 0 Å². The van der Waals surface area contributed by atoms with E-state index in [1.165, 1.54) is 0 Å². The molecule has 23 heavy (non-hydrogen) atoms. The van der Waals surface area contributed by atoms with E-state index < -0.39 is 0 Å². The molecule has 0 saturated carbocycles. The lowest BCUT2D eigenvalue weighted by atomic mass is 10.1. The van der Waals surface area contributed by atoms with Crippen LogP contribution in [0.25, 0.3) is 33.4 Å². The van der Waals surface area contributed by atoms with Gasteiger partial charge in [-0.15, -0.1) is 0 Å². The minimum absolute atomic E-state index is 0.0230. The van der Waals surface area contributed by atoms with Gasteiger partial charge < -0.3 is 19.9 Å². The zero-order chi connectivity index (χ0) is 16.0. The molecule has 0 fully saturated rings. The average molecular weight is 307 g/mol. The van der Waals surface area contributed by atoms with Crippen molar-refractivity contribution >= 4 is 27.9 Å². The van der Waals surface area contributed by atoms with Crippen LogP contribution in [0.4, 0.5) is 5.88 Å². The van der Waals surface area contributed by atoms with E-state index >= 15 is 0 Å². The first-order valence-corrected chi connectivity index (χ1v) is 7.03. The molecule has 0 aliphatic heterocycles. The van der Waals surface area contributed by atoms with Gasteiger partial charge >= 0.3 is 0 Å². The van der Waals surface area contributed by atoms with Crippen molar-refractivity contribution in [2.45, 2.75) is 0 Å². The van der Waals surface area contributed by atoms with Crippen molar-refractivity contribution in [1.82, 2.24) is 9.97 Å². The number of nitrogens with one attached hydrogen (secondary N) is 1. The van der Waals surface area contributed by atoms with Gasteiger partial charge in [0.1, 0.15) is 22.7 Å². The SMILES string of the molecule is COc1ccc2c(=O)c(-c3nc4ccccc4[nH]3)c(N)oc2c1. The monoisotopic (exact) mass is 307 g/mol. The van der Waals surface area contributed by atoms with Crippen LogP contribution in [-0.4, -0.2) is 17.1 Å². The van der Waals surface area contributed by atoms with E-state index in [1.54, 1.807) is 25.3 Å². The number of methoxy groups -OCH3 is 1. The fourth-order valence-electron chi connectivity index (χ4n) is 2.61. The molecular weight excluding hydrogens is 294 g/mol. The van der Waals surface area contributed by atoms with Gasteiger partial charge in [-0.25, -0.2) is 4.98 Å². The van der Waals surface area contributed by atoms with Gasteiger partial charge in [-0.05, 0) is 24.3 Å². The lowest BCUT2D eigenvalue weighted by molar-refractivity contribution is 0.414. The maximum atomic E-state index is 12.8. The number of H-pyrrole nitrogens is 1. The zero-order valence-corrected chi connectivity index (χ0v) is 12.3. The van der Waals surface area contributed by atoms with E-state index in [1.807, 2.05) is 24.3 Å². The Morgan fingerprint density at radius 1 is 1.22 bits per heavy atom. The minimum atomic E-state index is -0.231. The quantitative estimate of drug-likeness (QED) is 0.594. The molecule has 0 aliphatic carbocycles. The molecule has 4 rings (SSSR count). The Balaban J connectivity index is 2.01. The van der Waals surface area contributed by atoms with Crippen LogP contribution >= 0.6 is 0 Å². The summed E-state index contributed by atoms with van der Waals surface area (Å²) in [7, 11) is 1.55. The number of fused-ring (bicyclic) bond motifs is 2. The Bertz CT molecular complexity index is 1060. The van der Waals surface area contributed by atoms with Crippen molar-refractivity contribution in [2.75, 3.05) is 12.8 Å². The summed E-state index contributed by atoms with van der Waals surface area (Å²) < 4.78 is 10.7. The Labute approximate surface area is 130 Å². The molecule has 4 aromatic rings. The number of nitrogens with two attached hydrogens (primary N) is 1. The molecule has 6 nitrogen and oxygen atoms in total. The summed E-state index contributed by atoms with van der Waals surface area (Å²) in [4.78, 5) is 20.3. The molecule has 0 saturated heterocycles. The smallest absolute Gasteiger partial charge is 0.205 e. The van der Waals surface area contributed by atoms with E-state index in [-0.39, 0.29) is 16.9 Å². The lowest BCUT2D eigenvalue weighted by Crippen LogP contribution is -2.09. The summed E-state index contributed by atoms with van der Waals surface area (Å²) in [5.74, 6) is 1.02. The highest BCUT2D eigenvalue weighted by Crippen LogP contribution is 2.28. The van der Waals surface area contributed by atoms with Crippen LogP contribution in [0.15, 0.2) is 51.7 Å². The fraction of sp³-hybridized carbons (Fsp3) is 0.0588. The first kappa shape index (κ1) is 13.4. The van der Waals surface area contributed by atoms with Crippen LogP contribution in [0.2, 0.25) is 0 Å². The Morgan fingerprint density at radius 3 is 2.83 bits per heavy atom. The third-order valence-electron chi connectivity index (χ3n) is 3.75. The summed E-state index contributed by atoms with van der Waals surface area (Å²) in [6.07, 6.45) is 0. The fourth-order valence-corrected chi connectivity index (χ4v) is 2.61. The minimum Gasteiger partial charge on any atom is -0.497 e. The second-order valence-electron chi connectivity index (χ2n) is 5.14. The predicted molar refractivity (Wildman–Crippen MR) is 88.5 cm³/mol. The number of nitrogens with zero attached hydrogens (tertiary/aromatic N) is 1. The Morgan fingerprint density at radius 2 is 2.04 bits per heavy atom. The highest BCUT2D eigenvalue weighted by atomic mass is 16.5. The van der Waals surface area contributed by atoms with Crippen LogP contribution in [0, 0.1) is 0 Å². The summed E-state index contributed by atoms with van der Waals surface area (Å²) in [6, 6.07) is 12.5. The molecule has 2 heterocycles. The summed E-state index contributed by atoms with van der Waals surface area (Å²) in [5, 5.41) is 0.426. The predicted octanol–water partition coefficient (Wildman–Crippen LogP) is 2.93. The average Bonchev–Trinajstić information content (AvgIpc) is 2.97. The molecule has 2 aromatic heterocycles. The van der Waals surface area contributed by atoms with Crippen molar-refractivity contribution in [1.29, 1.82) is 0 Å². The van der Waals surface area contributed by atoms with Crippen molar-refractivity contribution in [2.24, 2.45) is 0 Å². The first-order valence-electron chi connectivity index (χ1n) is 7.03. The molecule has 0 unspecified atom stereocenters. The first-order chi connectivity index (χ1) is 11.2. The normalized spacial score (nSPS) is 11.2. The number of rotatable bonds is 2.